The number of carbonyl (C=O) groups excluding carboxylic acids is 1. The molecule has 2 atom stereocenters. The molecule has 2 aliphatic rings. The molecule has 1 heterocycles. The molecule has 1 aromatic rings. The number of fused-ring (bicyclic) bond motifs is 1. The van der Waals surface area contributed by atoms with E-state index in [0.29, 0.717) is 11.8 Å². The molecule has 1 saturated carbocycles. The van der Waals surface area contributed by atoms with Gasteiger partial charge in [0.2, 0.25) is 0 Å². The lowest BCUT2D eigenvalue weighted by Gasteiger charge is -2.37. The molecule has 2 heteroatoms. The van der Waals surface area contributed by atoms with Crippen molar-refractivity contribution in [3.05, 3.63) is 34.9 Å². The van der Waals surface area contributed by atoms with Gasteiger partial charge in [0.1, 0.15) is 6.10 Å². The normalized spacial score (nSPS) is 28.1. The summed E-state index contributed by atoms with van der Waals surface area (Å²) < 4.78 is 5.88. The first-order valence-corrected chi connectivity index (χ1v) is 9.95. The van der Waals surface area contributed by atoms with E-state index in [1.807, 2.05) is 0 Å². The Morgan fingerprint density at radius 2 is 1.92 bits per heavy atom. The summed E-state index contributed by atoms with van der Waals surface area (Å²) in [5.41, 5.74) is 3.24. The van der Waals surface area contributed by atoms with Gasteiger partial charge >= 0.3 is 5.97 Å². The van der Waals surface area contributed by atoms with Gasteiger partial charge in [-0.25, -0.2) is 4.79 Å². The first-order chi connectivity index (χ1) is 11.6. The van der Waals surface area contributed by atoms with Crippen LogP contribution in [0.3, 0.4) is 0 Å². The third-order valence-corrected chi connectivity index (χ3v) is 6.41. The van der Waals surface area contributed by atoms with Crippen LogP contribution in [0.2, 0.25) is 0 Å². The number of aryl methyl sites for hydroxylation is 1. The summed E-state index contributed by atoms with van der Waals surface area (Å²) in [5.74, 6) is 2.00. The fraction of sp³-hybridized carbons (Fsp3) is 0.682. The van der Waals surface area contributed by atoms with Crippen molar-refractivity contribution in [1.29, 1.82) is 0 Å². The molecule has 24 heavy (non-hydrogen) atoms. The second kappa shape index (κ2) is 7.72. The summed E-state index contributed by atoms with van der Waals surface area (Å²) in [6.07, 6.45) is 9.70. The Balaban J connectivity index is 1.68. The molecular formula is C22H32O2. The summed E-state index contributed by atoms with van der Waals surface area (Å²) >= 11 is 0. The largest absolute Gasteiger partial charge is 0.458 e. The molecule has 1 aliphatic carbocycles. The monoisotopic (exact) mass is 328 g/mol. The first-order valence-electron chi connectivity index (χ1n) is 9.95. The molecule has 0 aromatic heterocycles. The van der Waals surface area contributed by atoms with E-state index in [1.54, 1.807) is 0 Å². The van der Waals surface area contributed by atoms with Crippen LogP contribution in [0.4, 0.5) is 0 Å². The Morgan fingerprint density at radius 3 is 2.58 bits per heavy atom. The molecule has 0 N–H and O–H groups in total. The van der Waals surface area contributed by atoms with Gasteiger partial charge in [0.05, 0.1) is 5.56 Å². The van der Waals surface area contributed by atoms with E-state index in [1.165, 1.54) is 43.2 Å². The molecule has 1 aromatic carbocycles. The molecule has 0 bridgehead atoms. The smallest absolute Gasteiger partial charge is 0.338 e. The highest BCUT2D eigenvalue weighted by molar-refractivity contribution is 5.92. The zero-order valence-corrected chi connectivity index (χ0v) is 15.5. The highest BCUT2D eigenvalue weighted by atomic mass is 16.5. The molecule has 3 rings (SSSR count). The van der Waals surface area contributed by atoms with Gasteiger partial charge in [0, 0.05) is 6.42 Å². The van der Waals surface area contributed by atoms with E-state index < -0.39 is 0 Å². The summed E-state index contributed by atoms with van der Waals surface area (Å²) in [6, 6.07) is 6.40. The lowest BCUT2D eigenvalue weighted by molar-refractivity contribution is -0.00341. The SMILES string of the molecule is CCCc1ccc2c(c1)C(=O)OC(C(C)C1CCC(CC)CC1)C2. The number of ether oxygens (including phenoxy) is 1. The van der Waals surface area contributed by atoms with Crippen molar-refractivity contribution in [2.24, 2.45) is 17.8 Å². The second-order valence-electron chi connectivity index (χ2n) is 7.94. The lowest BCUT2D eigenvalue weighted by atomic mass is 9.73. The number of carbonyl (C=O) groups is 1. The first kappa shape index (κ1) is 17.5. The predicted octanol–water partition coefficient (Wildman–Crippen LogP) is 5.57. The van der Waals surface area contributed by atoms with Crippen molar-refractivity contribution in [2.45, 2.75) is 78.2 Å². The van der Waals surface area contributed by atoms with Crippen molar-refractivity contribution in [1.82, 2.24) is 0 Å². The molecule has 2 unspecified atom stereocenters. The van der Waals surface area contributed by atoms with Crippen LogP contribution in [0.25, 0.3) is 0 Å². The Kier molecular flexibility index (Phi) is 5.63. The van der Waals surface area contributed by atoms with Crippen molar-refractivity contribution < 1.29 is 9.53 Å². The maximum atomic E-state index is 12.5. The van der Waals surface area contributed by atoms with Gasteiger partial charge in [-0.1, -0.05) is 58.6 Å². The molecule has 1 aliphatic heterocycles. The second-order valence-corrected chi connectivity index (χ2v) is 7.94. The van der Waals surface area contributed by atoms with E-state index in [-0.39, 0.29) is 12.1 Å². The third-order valence-electron chi connectivity index (χ3n) is 6.41. The minimum absolute atomic E-state index is 0.0604. The molecule has 0 saturated heterocycles. The number of hydrogen-bond donors (Lipinski definition) is 0. The maximum absolute atomic E-state index is 12.5. The molecule has 0 spiro atoms. The van der Waals surface area contributed by atoms with Crippen molar-refractivity contribution >= 4 is 5.97 Å². The Bertz CT molecular complexity index is 569. The van der Waals surface area contributed by atoms with Crippen LogP contribution >= 0.6 is 0 Å². The van der Waals surface area contributed by atoms with Gasteiger partial charge in [0.25, 0.3) is 0 Å². The number of cyclic esters (lactones) is 1. The van der Waals surface area contributed by atoms with Crippen molar-refractivity contribution in [2.75, 3.05) is 0 Å². The minimum atomic E-state index is -0.103. The Hall–Kier alpha value is -1.31. The fourth-order valence-corrected chi connectivity index (χ4v) is 4.61. The molecule has 2 nitrogen and oxygen atoms in total. The standard InChI is InChI=1S/C22H32O2/c1-4-6-17-9-12-19-14-21(24-22(23)20(19)13-17)15(3)18-10-7-16(5-2)8-11-18/h9,12-13,15-16,18,21H,4-8,10-11,14H2,1-3H3. The Morgan fingerprint density at radius 1 is 1.17 bits per heavy atom. The minimum Gasteiger partial charge on any atom is -0.458 e. The highest BCUT2D eigenvalue weighted by Crippen LogP contribution is 2.38. The zero-order valence-electron chi connectivity index (χ0n) is 15.5. The number of hydrogen-bond acceptors (Lipinski definition) is 2. The molecule has 0 radical (unpaired) electrons. The summed E-state index contributed by atoms with van der Waals surface area (Å²) in [6.45, 7) is 6.77. The zero-order chi connectivity index (χ0) is 17.1. The van der Waals surface area contributed by atoms with Gasteiger partial charge in [-0.2, -0.15) is 0 Å². The summed E-state index contributed by atoms with van der Waals surface area (Å²) in [4.78, 5) is 12.5. The van der Waals surface area contributed by atoms with Crippen LogP contribution in [-0.4, -0.2) is 12.1 Å². The quantitative estimate of drug-likeness (QED) is 0.660. The van der Waals surface area contributed by atoms with Gasteiger partial charge < -0.3 is 4.74 Å². The summed E-state index contributed by atoms with van der Waals surface area (Å²) in [5, 5.41) is 0. The van der Waals surface area contributed by atoms with E-state index in [9.17, 15) is 4.79 Å². The van der Waals surface area contributed by atoms with Crippen LogP contribution < -0.4 is 0 Å². The lowest BCUT2D eigenvalue weighted by Crippen LogP contribution is -2.37. The maximum Gasteiger partial charge on any atom is 0.338 e. The van der Waals surface area contributed by atoms with Crippen LogP contribution in [0, 0.1) is 17.8 Å². The van der Waals surface area contributed by atoms with Crippen LogP contribution in [0.5, 0.6) is 0 Å². The fourth-order valence-electron chi connectivity index (χ4n) is 4.61. The van der Waals surface area contributed by atoms with E-state index in [2.05, 4.69) is 39.0 Å². The number of benzene rings is 1. The Labute approximate surface area is 147 Å². The number of esters is 1. The third kappa shape index (κ3) is 3.68. The number of rotatable bonds is 5. The van der Waals surface area contributed by atoms with Gasteiger partial charge in [-0.3, -0.25) is 0 Å². The summed E-state index contributed by atoms with van der Waals surface area (Å²) in [7, 11) is 0. The van der Waals surface area contributed by atoms with Gasteiger partial charge in [-0.05, 0) is 54.2 Å². The average molecular weight is 328 g/mol. The van der Waals surface area contributed by atoms with Crippen molar-refractivity contribution in [3.63, 3.8) is 0 Å². The predicted molar refractivity (Wildman–Crippen MR) is 98.2 cm³/mol. The van der Waals surface area contributed by atoms with E-state index in [0.717, 1.165) is 30.7 Å². The highest BCUT2D eigenvalue weighted by Gasteiger charge is 2.35. The van der Waals surface area contributed by atoms with Gasteiger partial charge in [-0.15, -0.1) is 0 Å². The molecule has 132 valence electrons. The topological polar surface area (TPSA) is 26.3 Å². The van der Waals surface area contributed by atoms with E-state index in [4.69, 9.17) is 4.74 Å². The average Bonchev–Trinajstić information content (AvgIpc) is 2.62. The molecule has 0 amide bonds. The van der Waals surface area contributed by atoms with Crippen LogP contribution in [0.1, 0.15) is 80.8 Å². The van der Waals surface area contributed by atoms with Crippen LogP contribution in [-0.2, 0) is 17.6 Å². The molecule has 1 fully saturated rings. The van der Waals surface area contributed by atoms with Crippen LogP contribution in [0.15, 0.2) is 18.2 Å². The van der Waals surface area contributed by atoms with E-state index >= 15 is 0 Å². The van der Waals surface area contributed by atoms with Gasteiger partial charge in [0.15, 0.2) is 0 Å². The molecular weight excluding hydrogens is 296 g/mol. The van der Waals surface area contributed by atoms with Crippen molar-refractivity contribution in [3.8, 4) is 0 Å².